The molecular formula is C21H19Cl3N4O2S. The third kappa shape index (κ3) is 6.71. The van der Waals surface area contributed by atoms with E-state index in [1.54, 1.807) is 42.5 Å². The number of benzene rings is 2. The van der Waals surface area contributed by atoms with E-state index in [2.05, 4.69) is 15.5 Å². The Morgan fingerprint density at radius 1 is 1.00 bits per heavy atom. The highest BCUT2D eigenvalue weighted by Crippen LogP contribution is 2.28. The number of rotatable bonds is 9. The maximum absolute atomic E-state index is 12.6. The molecule has 0 atom stereocenters. The molecule has 3 rings (SSSR count). The minimum Gasteiger partial charge on any atom is -0.356 e. The van der Waals surface area contributed by atoms with E-state index in [4.69, 9.17) is 34.8 Å². The monoisotopic (exact) mass is 496 g/mol. The molecule has 1 heterocycles. The van der Waals surface area contributed by atoms with Gasteiger partial charge in [-0.1, -0.05) is 46.6 Å². The number of aromatic nitrogens is 3. The molecule has 1 N–H and O–H groups in total. The van der Waals surface area contributed by atoms with E-state index in [-0.39, 0.29) is 17.4 Å². The van der Waals surface area contributed by atoms with Crippen molar-refractivity contribution in [1.82, 2.24) is 20.1 Å². The standard InChI is InChI=1S/C21H19Cl3N4O2S/c1-13(29)25-8-2-3-20-26-27-21(28(20)18-10-16(23)9-17(24)11-18)31-12-19(30)14-4-6-15(22)7-5-14/h4-7,9-11H,2-3,8,12H2,1H3,(H,25,29). The maximum atomic E-state index is 12.6. The zero-order chi connectivity index (χ0) is 22.4. The van der Waals surface area contributed by atoms with Gasteiger partial charge < -0.3 is 5.32 Å². The van der Waals surface area contributed by atoms with Gasteiger partial charge in [0.05, 0.1) is 11.4 Å². The first kappa shape index (κ1) is 23.6. The Morgan fingerprint density at radius 2 is 1.68 bits per heavy atom. The predicted molar refractivity (Wildman–Crippen MR) is 125 cm³/mol. The summed E-state index contributed by atoms with van der Waals surface area (Å²) in [6.07, 6.45) is 1.25. The van der Waals surface area contributed by atoms with Gasteiger partial charge >= 0.3 is 0 Å². The van der Waals surface area contributed by atoms with Crippen LogP contribution >= 0.6 is 46.6 Å². The number of Topliss-reactive ketones (excluding diaryl/α,β-unsaturated/α-hetero) is 1. The number of ketones is 1. The number of carbonyl (C=O) groups is 2. The quantitative estimate of drug-likeness (QED) is 0.247. The summed E-state index contributed by atoms with van der Waals surface area (Å²) in [7, 11) is 0. The Kier molecular flexibility index (Phi) is 8.37. The minimum atomic E-state index is -0.0833. The molecule has 162 valence electrons. The highest BCUT2D eigenvalue weighted by Gasteiger charge is 2.17. The third-order valence-electron chi connectivity index (χ3n) is 4.26. The first-order valence-corrected chi connectivity index (χ1v) is 11.5. The Hall–Kier alpha value is -2.06. The van der Waals surface area contributed by atoms with Crippen LogP contribution in [-0.4, -0.2) is 38.8 Å². The van der Waals surface area contributed by atoms with Gasteiger partial charge in [0.2, 0.25) is 5.91 Å². The number of carbonyl (C=O) groups excluding carboxylic acids is 2. The highest BCUT2D eigenvalue weighted by atomic mass is 35.5. The van der Waals surface area contributed by atoms with Gasteiger partial charge in [0, 0.05) is 40.5 Å². The molecule has 2 aromatic carbocycles. The molecule has 1 aromatic heterocycles. The van der Waals surface area contributed by atoms with Crippen molar-refractivity contribution in [2.45, 2.75) is 24.9 Å². The van der Waals surface area contributed by atoms with Gasteiger partial charge in [-0.15, -0.1) is 10.2 Å². The smallest absolute Gasteiger partial charge is 0.216 e. The van der Waals surface area contributed by atoms with Gasteiger partial charge in [-0.3, -0.25) is 14.2 Å². The Morgan fingerprint density at radius 3 is 2.32 bits per heavy atom. The lowest BCUT2D eigenvalue weighted by atomic mass is 10.1. The van der Waals surface area contributed by atoms with Crippen LogP contribution in [0.2, 0.25) is 15.1 Å². The van der Waals surface area contributed by atoms with Gasteiger partial charge in [-0.2, -0.15) is 0 Å². The van der Waals surface area contributed by atoms with Crippen molar-refractivity contribution < 1.29 is 9.59 Å². The SMILES string of the molecule is CC(=O)NCCCc1nnc(SCC(=O)c2ccc(Cl)cc2)n1-c1cc(Cl)cc(Cl)c1. The molecule has 0 aliphatic carbocycles. The van der Waals surface area contributed by atoms with Crippen LogP contribution in [0.25, 0.3) is 5.69 Å². The predicted octanol–water partition coefficient (Wildman–Crippen LogP) is 5.27. The summed E-state index contributed by atoms with van der Waals surface area (Å²) in [4.78, 5) is 23.7. The number of hydrogen-bond donors (Lipinski definition) is 1. The first-order valence-electron chi connectivity index (χ1n) is 9.40. The van der Waals surface area contributed by atoms with E-state index in [1.165, 1.54) is 18.7 Å². The summed E-state index contributed by atoms with van der Waals surface area (Å²) in [5.41, 5.74) is 1.28. The van der Waals surface area contributed by atoms with E-state index in [1.807, 2.05) is 4.57 Å². The normalized spacial score (nSPS) is 10.8. The van der Waals surface area contributed by atoms with Gasteiger partial charge in [0.1, 0.15) is 5.82 Å². The van der Waals surface area contributed by atoms with Crippen LogP contribution in [0.1, 0.15) is 29.5 Å². The molecule has 6 nitrogen and oxygen atoms in total. The zero-order valence-corrected chi connectivity index (χ0v) is 19.7. The molecule has 0 saturated carbocycles. The number of thioether (sulfide) groups is 1. The molecule has 0 saturated heterocycles. The van der Waals surface area contributed by atoms with Crippen LogP contribution < -0.4 is 5.32 Å². The molecule has 0 unspecified atom stereocenters. The van der Waals surface area contributed by atoms with Gasteiger partial charge in [0.15, 0.2) is 10.9 Å². The Labute approximate surface area is 199 Å². The zero-order valence-electron chi connectivity index (χ0n) is 16.6. The molecule has 31 heavy (non-hydrogen) atoms. The van der Waals surface area contributed by atoms with E-state index < -0.39 is 0 Å². The highest BCUT2D eigenvalue weighted by molar-refractivity contribution is 7.99. The fourth-order valence-corrected chi connectivity index (χ4v) is 4.35. The van der Waals surface area contributed by atoms with Crippen molar-refractivity contribution >= 4 is 58.3 Å². The number of amides is 1. The average Bonchev–Trinajstić information content (AvgIpc) is 3.12. The lowest BCUT2D eigenvalue weighted by Gasteiger charge is -2.11. The van der Waals surface area contributed by atoms with E-state index in [0.29, 0.717) is 56.7 Å². The van der Waals surface area contributed by atoms with Crippen molar-refractivity contribution in [3.8, 4) is 5.69 Å². The van der Waals surface area contributed by atoms with Crippen molar-refractivity contribution in [2.24, 2.45) is 0 Å². The van der Waals surface area contributed by atoms with Gasteiger partial charge in [-0.25, -0.2) is 0 Å². The fraction of sp³-hybridized carbons (Fsp3) is 0.238. The van der Waals surface area contributed by atoms with E-state index in [9.17, 15) is 9.59 Å². The van der Waals surface area contributed by atoms with Crippen molar-refractivity contribution in [1.29, 1.82) is 0 Å². The summed E-state index contributed by atoms with van der Waals surface area (Å²) in [6.45, 7) is 2.00. The van der Waals surface area contributed by atoms with Crippen molar-refractivity contribution in [3.63, 3.8) is 0 Å². The summed E-state index contributed by atoms with van der Waals surface area (Å²) >= 11 is 19.6. The van der Waals surface area contributed by atoms with Gasteiger partial charge in [-0.05, 0) is 48.9 Å². The summed E-state index contributed by atoms with van der Waals surface area (Å²) < 4.78 is 1.84. The molecule has 0 bridgehead atoms. The minimum absolute atomic E-state index is 0.0486. The van der Waals surface area contributed by atoms with Crippen LogP contribution in [-0.2, 0) is 11.2 Å². The number of halogens is 3. The molecule has 0 spiro atoms. The second kappa shape index (κ2) is 11.0. The van der Waals surface area contributed by atoms with Crippen LogP contribution in [0.4, 0.5) is 0 Å². The molecule has 0 aliphatic heterocycles. The Bertz CT molecular complexity index is 1070. The lowest BCUT2D eigenvalue weighted by Crippen LogP contribution is -2.21. The number of nitrogens with one attached hydrogen (secondary N) is 1. The van der Waals surface area contributed by atoms with Crippen LogP contribution in [0, 0.1) is 0 Å². The second-order valence-corrected chi connectivity index (χ2v) is 8.92. The molecule has 0 fully saturated rings. The lowest BCUT2D eigenvalue weighted by molar-refractivity contribution is -0.118. The first-order chi connectivity index (χ1) is 14.8. The van der Waals surface area contributed by atoms with Crippen LogP contribution in [0.3, 0.4) is 0 Å². The van der Waals surface area contributed by atoms with Crippen molar-refractivity contribution in [2.75, 3.05) is 12.3 Å². The molecule has 10 heteroatoms. The summed E-state index contributed by atoms with van der Waals surface area (Å²) in [5.74, 6) is 0.734. The summed E-state index contributed by atoms with van der Waals surface area (Å²) in [6, 6.07) is 11.9. The summed E-state index contributed by atoms with van der Waals surface area (Å²) in [5, 5.41) is 13.4. The molecule has 0 radical (unpaired) electrons. The molecule has 0 aliphatic rings. The van der Waals surface area contributed by atoms with Gasteiger partial charge in [0.25, 0.3) is 0 Å². The molecule has 3 aromatic rings. The topological polar surface area (TPSA) is 76.9 Å². The largest absolute Gasteiger partial charge is 0.356 e. The number of aryl methyl sites for hydroxylation is 1. The van der Waals surface area contributed by atoms with Crippen molar-refractivity contribution in [3.05, 3.63) is 68.9 Å². The van der Waals surface area contributed by atoms with Crippen LogP contribution in [0.5, 0.6) is 0 Å². The van der Waals surface area contributed by atoms with E-state index >= 15 is 0 Å². The maximum Gasteiger partial charge on any atom is 0.216 e. The van der Waals surface area contributed by atoms with Crippen LogP contribution in [0.15, 0.2) is 47.6 Å². The number of nitrogens with zero attached hydrogens (tertiary/aromatic N) is 3. The van der Waals surface area contributed by atoms with E-state index in [0.717, 1.165) is 0 Å². The second-order valence-electron chi connectivity index (χ2n) is 6.67. The molecular weight excluding hydrogens is 479 g/mol. The molecule has 1 amide bonds. The average molecular weight is 498 g/mol. The fourth-order valence-electron chi connectivity index (χ4n) is 2.84. The number of hydrogen-bond acceptors (Lipinski definition) is 5. The third-order valence-corrected chi connectivity index (χ3v) is 5.87. The Balaban J connectivity index is 1.82.